The summed E-state index contributed by atoms with van der Waals surface area (Å²) in [5.41, 5.74) is 4.09. The number of fused-ring (bicyclic) bond motifs is 1. The number of aliphatic hydroxyl groups excluding tert-OH is 1. The highest BCUT2D eigenvalue weighted by molar-refractivity contribution is 5.76. The molecule has 0 saturated heterocycles. The van der Waals surface area contributed by atoms with Crippen LogP contribution in [0.5, 0.6) is 0 Å². The fourth-order valence-electron chi connectivity index (χ4n) is 3.23. The summed E-state index contributed by atoms with van der Waals surface area (Å²) in [6.45, 7) is 2.32. The molecule has 0 bridgehead atoms. The lowest BCUT2D eigenvalue weighted by Crippen LogP contribution is -2.23. The Morgan fingerprint density at radius 1 is 0.846 bits per heavy atom. The topological polar surface area (TPSA) is 41.3 Å². The molecule has 130 valence electrons. The number of benzene rings is 3. The summed E-state index contributed by atoms with van der Waals surface area (Å²) >= 11 is 0. The Morgan fingerprint density at radius 3 is 1.96 bits per heavy atom. The van der Waals surface area contributed by atoms with Crippen molar-refractivity contribution in [3.8, 4) is 0 Å². The molecule has 0 aliphatic carbocycles. The van der Waals surface area contributed by atoms with Gasteiger partial charge in [-0.05, 0) is 43.3 Å². The average Bonchev–Trinajstić information content (AvgIpc) is 3.06. The van der Waals surface area contributed by atoms with Gasteiger partial charge in [0.1, 0.15) is 18.6 Å². The van der Waals surface area contributed by atoms with Crippen molar-refractivity contribution in [3.05, 3.63) is 90.8 Å². The third kappa shape index (κ3) is 3.07. The van der Waals surface area contributed by atoms with E-state index in [2.05, 4.69) is 38.7 Å². The summed E-state index contributed by atoms with van der Waals surface area (Å²) in [6, 6.07) is 28.5. The van der Waals surface area contributed by atoms with Crippen LogP contribution in [0.4, 0.5) is 11.4 Å². The van der Waals surface area contributed by atoms with Crippen molar-refractivity contribution in [2.24, 2.45) is 0 Å². The van der Waals surface area contributed by atoms with E-state index in [1.165, 1.54) is 0 Å². The number of imidazole rings is 1. The number of anilines is 2. The minimum Gasteiger partial charge on any atom is -0.385 e. The first kappa shape index (κ1) is 16.4. The highest BCUT2D eigenvalue weighted by atomic mass is 16.3. The molecule has 0 radical (unpaired) electrons. The van der Waals surface area contributed by atoms with Crippen molar-refractivity contribution in [2.45, 2.75) is 19.7 Å². The van der Waals surface area contributed by atoms with E-state index >= 15 is 0 Å². The van der Waals surface area contributed by atoms with E-state index < -0.39 is 6.10 Å². The van der Waals surface area contributed by atoms with Gasteiger partial charge in [-0.3, -0.25) is 0 Å². The molecule has 0 amide bonds. The van der Waals surface area contributed by atoms with Crippen LogP contribution in [0.2, 0.25) is 0 Å². The van der Waals surface area contributed by atoms with Gasteiger partial charge in [0.15, 0.2) is 0 Å². The van der Waals surface area contributed by atoms with Gasteiger partial charge in [-0.15, -0.1) is 0 Å². The summed E-state index contributed by atoms with van der Waals surface area (Å²) in [5.74, 6) is 0.670. The number of rotatable bonds is 5. The average molecular weight is 343 g/mol. The molecule has 3 aromatic carbocycles. The van der Waals surface area contributed by atoms with Crippen molar-refractivity contribution >= 4 is 22.4 Å². The summed E-state index contributed by atoms with van der Waals surface area (Å²) in [7, 11) is 0. The van der Waals surface area contributed by atoms with Crippen LogP contribution in [0.15, 0.2) is 84.9 Å². The predicted octanol–water partition coefficient (Wildman–Crippen LogP) is 4.89. The van der Waals surface area contributed by atoms with Crippen LogP contribution in [0, 0.1) is 0 Å². The molecular formula is C22H21N3O. The summed E-state index contributed by atoms with van der Waals surface area (Å²) in [6.07, 6.45) is -0.643. The molecule has 26 heavy (non-hydrogen) atoms. The molecule has 4 heteroatoms. The van der Waals surface area contributed by atoms with Gasteiger partial charge in [-0.2, -0.15) is 0 Å². The first-order valence-corrected chi connectivity index (χ1v) is 8.75. The first-order chi connectivity index (χ1) is 12.7. The van der Waals surface area contributed by atoms with Crippen LogP contribution in [-0.4, -0.2) is 14.7 Å². The Balaban J connectivity index is 1.84. The number of nitrogens with zero attached hydrogens (tertiary/aromatic N) is 3. The minimum atomic E-state index is -0.643. The smallest absolute Gasteiger partial charge is 0.140 e. The molecule has 0 saturated carbocycles. The molecule has 1 atom stereocenters. The normalized spacial score (nSPS) is 12.2. The maximum Gasteiger partial charge on any atom is 0.140 e. The van der Waals surface area contributed by atoms with E-state index in [0.29, 0.717) is 12.5 Å². The van der Waals surface area contributed by atoms with E-state index in [1.54, 1.807) is 6.92 Å². The van der Waals surface area contributed by atoms with Gasteiger partial charge in [0.05, 0.1) is 11.0 Å². The molecule has 1 N–H and O–H groups in total. The van der Waals surface area contributed by atoms with Gasteiger partial charge in [-0.1, -0.05) is 48.5 Å². The quantitative estimate of drug-likeness (QED) is 0.561. The molecule has 0 unspecified atom stereocenters. The Kier molecular flexibility index (Phi) is 4.42. The zero-order valence-electron chi connectivity index (χ0n) is 14.7. The summed E-state index contributed by atoms with van der Waals surface area (Å²) < 4.78 is 2.08. The number of hydrogen-bond donors (Lipinski definition) is 1. The van der Waals surface area contributed by atoms with Crippen molar-refractivity contribution in [1.29, 1.82) is 0 Å². The van der Waals surface area contributed by atoms with E-state index in [9.17, 15) is 5.11 Å². The van der Waals surface area contributed by atoms with Crippen molar-refractivity contribution in [2.75, 3.05) is 4.90 Å². The van der Waals surface area contributed by atoms with E-state index in [4.69, 9.17) is 0 Å². The van der Waals surface area contributed by atoms with Crippen LogP contribution in [-0.2, 0) is 6.67 Å². The highest BCUT2D eigenvalue weighted by Crippen LogP contribution is 2.28. The molecule has 4 aromatic rings. The number of para-hydroxylation sites is 4. The predicted molar refractivity (Wildman–Crippen MR) is 105 cm³/mol. The van der Waals surface area contributed by atoms with Crippen LogP contribution < -0.4 is 4.90 Å². The van der Waals surface area contributed by atoms with Gasteiger partial charge in [0, 0.05) is 11.4 Å². The number of hydrogen-bond acceptors (Lipinski definition) is 3. The number of aromatic nitrogens is 2. The Labute approximate surface area is 153 Å². The standard InChI is InChI=1S/C22H21N3O/c1-17(26)22-23-20-14-8-9-15-21(20)25(22)16-24(18-10-4-2-5-11-18)19-12-6-3-7-13-19/h2-15,17,26H,16H2,1H3/t17-/m0/s1. The summed E-state index contributed by atoms with van der Waals surface area (Å²) in [4.78, 5) is 6.86. The molecule has 1 heterocycles. The Morgan fingerprint density at radius 2 is 1.38 bits per heavy atom. The molecule has 0 spiro atoms. The van der Waals surface area contributed by atoms with Gasteiger partial charge in [0.25, 0.3) is 0 Å². The third-order valence-electron chi connectivity index (χ3n) is 4.48. The summed E-state index contributed by atoms with van der Waals surface area (Å²) in [5, 5.41) is 10.3. The lowest BCUT2D eigenvalue weighted by Gasteiger charge is -2.27. The molecule has 0 aliphatic rings. The van der Waals surface area contributed by atoms with Crippen molar-refractivity contribution in [1.82, 2.24) is 9.55 Å². The van der Waals surface area contributed by atoms with E-state index in [-0.39, 0.29) is 0 Å². The maximum absolute atomic E-state index is 10.3. The Hall–Kier alpha value is -3.11. The second-order valence-corrected chi connectivity index (χ2v) is 6.30. The largest absolute Gasteiger partial charge is 0.385 e. The fraction of sp³-hybridized carbons (Fsp3) is 0.136. The van der Waals surface area contributed by atoms with Gasteiger partial charge < -0.3 is 14.6 Å². The molecular weight excluding hydrogens is 322 g/mol. The van der Waals surface area contributed by atoms with Gasteiger partial charge in [-0.25, -0.2) is 4.98 Å². The molecule has 4 rings (SSSR count). The fourth-order valence-corrected chi connectivity index (χ4v) is 3.23. The zero-order chi connectivity index (χ0) is 17.9. The third-order valence-corrected chi connectivity index (χ3v) is 4.48. The second kappa shape index (κ2) is 7.02. The molecule has 1 aromatic heterocycles. The Bertz CT molecular complexity index is 954. The van der Waals surface area contributed by atoms with E-state index in [1.807, 2.05) is 60.7 Å². The van der Waals surface area contributed by atoms with Gasteiger partial charge in [0.2, 0.25) is 0 Å². The van der Waals surface area contributed by atoms with Crippen LogP contribution in [0.1, 0.15) is 18.9 Å². The van der Waals surface area contributed by atoms with E-state index in [0.717, 1.165) is 22.4 Å². The molecule has 0 fully saturated rings. The van der Waals surface area contributed by atoms with Gasteiger partial charge >= 0.3 is 0 Å². The monoisotopic (exact) mass is 343 g/mol. The molecule has 0 aliphatic heterocycles. The molecule has 4 nitrogen and oxygen atoms in total. The highest BCUT2D eigenvalue weighted by Gasteiger charge is 2.18. The maximum atomic E-state index is 10.3. The minimum absolute atomic E-state index is 0.564. The lowest BCUT2D eigenvalue weighted by atomic mass is 10.2. The second-order valence-electron chi connectivity index (χ2n) is 6.30. The van der Waals surface area contributed by atoms with Crippen LogP contribution in [0.25, 0.3) is 11.0 Å². The lowest BCUT2D eigenvalue weighted by molar-refractivity contribution is 0.184. The zero-order valence-corrected chi connectivity index (χ0v) is 14.7. The van der Waals surface area contributed by atoms with Crippen molar-refractivity contribution in [3.63, 3.8) is 0 Å². The number of aliphatic hydroxyl groups is 1. The first-order valence-electron chi connectivity index (χ1n) is 8.75. The van der Waals surface area contributed by atoms with Crippen molar-refractivity contribution < 1.29 is 5.11 Å². The van der Waals surface area contributed by atoms with Crippen LogP contribution >= 0.6 is 0 Å². The SMILES string of the molecule is C[C@H](O)c1nc2ccccc2n1CN(c1ccccc1)c1ccccc1. The van der Waals surface area contributed by atoms with Crippen LogP contribution in [0.3, 0.4) is 0 Å².